The van der Waals surface area contributed by atoms with Crippen LogP contribution in [0, 0.1) is 0 Å². The molecule has 0 aliphatic heterocycles. The van der Waals surface area contributed by atoms with Gasteiger partial charge in [-0.15, -0.1) is 0 Å². The van der Waals surface area contributed by atoms with Gasteiger partial charge in [0.2, 0.25) is 0 Å². The first-order chi connectivity index (χ1) is 19.6. The van der Waals surface area contributed by atoms with E-state index in [4.69, 9.17) is 19.7 Å². The Balaban J connectivity index is 3.76. The summed E-state index contributed by atoms with van der Waals surface area (Å²) < 4.78 is 26.3. The summed E-state index contributed by atoms with van der Waals surface area (Å²) in [6.07, 6.45) is 27.8. The van der Waals surface area contributed by atoms with Crippen molar-refractivity contribution < 1.29 is 28.2 Å². The van der Waals surface area contributed by atoms with E-state index >= 15 is 0 Å². The molecule has 0 saturated carbocycles. The standard InChI is InChI=1S/C32H62NO6P/c1-2-3-4-5-6-7-10-14-17-20-23-26-32(35)39-30(29-38-40-36)28-37-31(34)25-22-19-16-13-11-8-9-12-15-18-21-24-27-33/h30H,2-29,33H2,1H3/t30-/m1/s1. The van der Waals surface area contributed by atoms with Crippen LogP contribution in [0.2, 0.25) is 0 Å². The van der Waals surface area contributed by atoms with Crippen molar-refractivity contribution in [2.45, 2.75) is 174 Å². The minimum atomic E-state index is -0.730. The van der Waals surface area contributed by atoms with Crippen LogP contribution < -0.4 is 5.73 Å². The van der Waals surface area contributed by atoms with Crippen molar-refractivity contribution >= 4 is 20.6 Å². The van der Waals surface area contributed by atoms with E-state index in [9.17, 15) is 14.2 Å². The van der Waals surface area contributed by atoms with Gasteiger partial charge in [0.15, 0.2) is 6.10 Å². The van der Waals surface area contributed by atoms with Crippen molar-refractivity contribution in [1.82, 2.24) is 0 Å². The molecule has 0 unspecified atom stereocenters. The monoisotopic (exact) mass is 587 g/mol. The largest absolute Gasteiger partial charge is 0.462 e. The molecule has 2 N–H and O–H groups in total. The molecule has 7 nitrogen and oxygen atoms in total. The fourth-order valence-corrected chi connectivity index (χ4v) is 5.07. The second kappa shape index (κ2) is 32.5. The highest BCUT2D eigenvalue weighted by atomic mass is 31.1. The molecule has 0 fully saturated rings. The number of rotatable bonds is 32. The molecule has 0 bridgehead atoms. The van der Waals surface area contributed by atoms with Crippen LogP contribution in [0.3, 0.4) is 0 Å². The van der Waals surface area contributed by atoms with E-state index < -0.39 is 14.8 Å². The normalized spacial score (nSPS) is 12.1. The topological polar surface area (TPSA) is 105 Å². The maximum absolute atomic E-state index is 12.2. The zero-order valence-electron chi connectivity index (χ0n) is 25.9. The van der Waals surface area contributed by atoms with Gasteiger partial charge in [0, 0.05) is 12.8 Å². The Bertz CT molecular complexity index is 578. The number of hydrogen-bond donors (Lipinski definition) is 1. The van der Waals surface area contributed by atoms with Gasteiger partial charge in [-0.3, -0.25) is 14.1 Å². The Morgan fingerprint density at radius 2 is 0.975 bits per heavy atom. The van der Waals surface area contributed by atoms with Crippen LogP contribution in [0.25, 0.3) is 0 Å². The first-order valence-corrected chi connectivity index (χ1v) is 17.4. The van der Waals surface area contributed by atoms with E-state index in [0.29, 0.717) is 12.8 Å². The Hall–Kier alpha value is -1.04. The van der Waals surface area contributed by atoms with Gasteiger partial charge in [0.05, 0.1) is 0 Å². The van der Waals surface area contributed by atoms with Crippen molar-refractivity contribution in [3.05, 3.63) is 0 Å². The van der Waals surface area contributed by atoms with Crippen molar-refractivity contribution in [3.8, 4) is 0 Å². The SMILES string of the molecule is CCCCCCCCCCCCCC(=O)O[C@@H](COP=O)COC(=O)CCCCCCCCCCCCCCN. The molecule has 1 atom stereocenters. The molecule has 0 amide bonds. The third-order valence-corrected chi connectivity index (χ3v) is 7.62. The second-order valence-electron chi connectivity index (χ2n) is 11.2. The Labute approximate surface area is 247 Å². The van der Waals surface area contributed by atoms with E-state index in [0.717, 1.165) is 51.5 Å². The van der Waals surface area contributed by atoms with Crippen LogP contribution in [0.1, 0.15) is 167 Å². The van der Waals surface area contributed by atoms with Crippen LogP contribution >= 0.6 is 8.69 Å². The zero-order valence-corrected chi connectivity index (χ0v) is 26.7. The molecule has 0 saturated heterocycles. The van der Waals surface area contributed by atoms with Crippen LogP contribution in [-0.4, -0.2) is 37.8 Å². The van der Waals surface area contributed by atoms with E-state index in [1.807, 2.05) is 0 Å². The number of hydrogen-bond acceptors (Lipinski definition) is 7. The lowest BCUT2D eigenvalue weighted by Gasteiger charge is -2.16. The molecule has 40 heavy (non-hydrogen) atoms. The fourth-order valence-electron chi connectivity index (χ4n) is 4.85. The third kappa shape index (κ3) is 29.9. The van der Waals surface area contributed by atoms with Gasteiger partial charge in [-0.05, 0) is 25.8 Å². The molecule has 0 aliphatic carbocycles. The summed E-state index contributed by atoms with van der Waals surface area (Å²) >= 11 is 0. The predicted octanol–water partition coefficient (Wildman–Crippen LogP) is 9.40. The molecule has 0 aliphatic rings. The molecule has 0 rings (SSSR count). The van der Waals surface area contributed by atoms with Gasteiger partial charge in [-0.2, -0.15) is 0 Å². The van der Waals surface area contributed by atoms with Crippen molar-refractivity contribution in [3.63, 3.8) is 0 Å². The lowest BCUT2D eigenvalue weighted by molar-refractivity contribution is -0.160. The molecule has 0 aromatic heterocycles. The molecular formula is C32H62NO6P. The molecule has 8 heteroatoms. The van der Waals surface area contributed by atoms with Crippen molar-refractivity contribution in [2.75, 3.05) is 19.8 Å². The highest BCUT2D eigenvalue weighted by Gasteiger charge is 2.17. The number of unbranched alkanes of at least 4 members (excludes halogenated alkanes) is 21. The smallest absolute Gasteiger partial charge is 0.327 e. The first-order valence-electron chi connectivity index (χ1n) is 16.6. The fraction of sp³-hybridized carbons (Fsp3) is 0.938. The van der Waals surface area contributed by atoms with Crippen molar-refractivity contribution in [1.29, 1.82) is 0 Å². The maximum atomic E-state index is 12.2. The quantitative estimate of drug-likeness (QED) is 0.0475. The molecule has 0 heterocycles. The van der Waals surface area contributed by atoms with Gasteiger partial charge in [0.25, 0.3) is 0 Å². The van der Waals surface area contributed by atoms with Crippen LogP contribution in [0.5, 0.6) is 0 Å². The summed E-state index contributed by atoms with van der Waals surface area (Å²) in [5.41, 5.74) is 5.52. The van der Waals surface area contributed by atoms with E-state index in [2.05, 4.69) is 6.92 Å². The zero-order chi connectivity index (χ0) is 29.4. The Morgan fingerprint density at radius 3 is 1.40 bits per heavy atom. The number of carbonyl (C=O) groups excluding carboxylic acids is 2. The molecule has 0 aromatic rings. The second-order valence-corrected chi connectivity index (χ2v) is 11.6. The minimum absolute atomic E-state index is 0.0595. The van der Waals surface area contributed by atoms with E-state index in [1.54, 1.807) is 0 Å². The Morgan fingerprint density at radius 1 is 0.575 bits per heavy atom. The highest BCUT2D eigenvalue weighted by molar-refractivity contribution is 7.17. The number of esters is 2. The van der Waals surface area contributed by atoms with Crippen LogP contribution in [0.4, 0.5) is 0 Å². The average Bonchev–Trinajstić information content (AvgIpc) is 2.95. The summed E-state index contributed by atoms with van der Waals surface area (Å²) in [6, 6.07) is 0. The lowest BCUT2D eigenvalue weighted by atomic mass is 10.0. The summed E-state index contributed by atoms with van der Waals surface area (Å²) in [4.78, 5) is 24.3. The van der Waals surface area contributed by atoms with Crippen LogP contribution in [-0.2, 0) is 28.2 Å². The van der Waals surface area contributed by atoms with Gasteiger partial charge >= 0.3 is 20.6 Å². The van der Waals surface area contributed by atoms with Gasteiger partial charge in [0.1, 0.15) is 13.2 Å². The van der Waals surface area contributed by atoms with Gasteiger partial charge < -0.3 is 15.2 Å². The van der Waals surface area contributed by atoms with E-state index in [1.165, 1.54) is 103 Å². The molecular weight excluding hydrogens is 525 g/mol. The first kappa shape index (κ1) is 39.0. The summed E-state index contributed by atoms with van der Waals surface area (Å²) in [5, 5.41) is 0. The minimum Gasteiger partial charge on any atom is -0.462 e. The molecule has 0 spiro atoms. The number of carbonyl (C=O) groups is 2. The summed E-state index contributed by atoms with van der Waals surface area (Å²) in [5.74, 6) is -0.615. The van der Waals surface area contributed by atoms with Crippen molar-refractivity contribution in [2.24, 2.45) is 5.73 Å². The summed E-state index contributed by atoms with van der Waals surface area (Å²) in [6.45, 7) is 2.93. The van der Waals surface area contributed by atoms with Gasteiger partial charge in [-0.1, -0.05) is 135 Å². The number of nitrogens with two attached hydrogens (primary N) is 1. The third-order valence-electron chi connectivity index (χ3n) is 7.36. The molecule has 0 aromatic carbocycles. The highest BCUT2D eigenvalue weighted by Crippen LogP contribution is 2.14. The summed E-state index contributed by atoms with van der Waals surface area (Å²) in [7, 11) is -0.484. The Kier molecular flexibility index (Phi) is 31.6. The average molecular weight is 588 g/mol. The predicted molar refractivity (Wildman–Crippen MR) is 165 cm³/mol. The molecule has 236 valence electrons. The van der Waals surface area contributed by atoms with E-state index in [-0.39, 0.29) is 25.2 Å². The molecule has 0 radical (unpaired) electrons. The maximum Gasteiger partial charge on any atom is 0.327 e. The lowest BCUT2D eigenvalue weighted by Crippen LogP contribution is -2.28. The van der Waals surface area contributed by atoms with Gasteiger partial charge in [-0.25, -0.2) is 4.57 Å². The van der Waals surface area contributed by atoms with Crippen LogP contribution in [0.15, 0.2) is 0 Å². The number of ether oxygens (including phenoxy) is 2.